The van der Waals surface area contributed by atoms with E-state index in [1.807, 2.05) is 24.8 Å². The number of halogens is 1. The quantitative estimate of drug-likeness (QED) is 0.768. The zero-order chi connectivity index (χ0) is 21.1. The van der Waals surface area contributed by atoms with Crippen molar-refractivity contribution in [2.75, 3.05) is 31.1 Å². The van der Waals surface area contributed by atoms with Crippen molar-refractivity contribution in [2.45, 2.75) is 51.7 Å². The Kier molecular flexibility index (Phi) is 6.06. The molecule has 8 nitrogen and oxygen atoms in total. The molecule has 0 radical (unpaired) electrons. The van der Waals surface area contributed by atoms with Gasteiger partial charge in [-0.15, -0.1) is 0 Å². The van der Waals surface area contributed by atoms with Crippen molar-refractivity contribution in [1.29, 1.82) is 0 Å². The average Bonchev–Trinajstić information content (AvgIpc) is 3.19. The van der Waals surface area contributed by atoms with Gasteiger partial charge in [0.25, 0.3) is 0 Å². The van der Waals surface area contributed by atoms with E-state index in [-0.39, 0.29) is 24.1 Å². The van der Waals surface area contributed by atoms with Gasteiger partial charge >= 0.3 is 6.09 Å². The summed E-state index contributed by atoms with van der Waals surface area (Å²) in [5, 5.41) is 4.36. The number of oxime groups is 1. The molecule has 2 saturated heterocycles. The minimum absolute atomic E-state index is 0.0128. The fourth-order valence-electron chi connectivity index (χ4n) is 3.85. The van der Waals surface area contributed by atoms with E-state index in [9.17, 15) is 9.18 Å². The Morgan fingerprint density at radius 1 is 1.23 bits per heavy atom. The van der Waals surface area contributed by atoms with Gasteiger partial charge in [-0.25, -0.2) is 14.2 Å². The van der Waals surface area contributed by atoms with Crippen LogP contribution in [0, 0.1) is 5.82 Å². The number of anilines is 1. The molecule has 3 heterocycles. The first-order valence-electron chi connectivity index (χ1n) is 10.5. The Labute approximate surface area is 175 Å². The molecule has 1 aromatic heterocycles. The smallest absolute Gasteiger partial charge is 0.410 e. The van der Waals surface area contributed by atoms with Crippen LogP contribution in [-0.2, 0) is 9.57 Å². The highest BCUT2D eigenvalue weighted by Crippen LogP contribution is 2.26. The molecule has 0 unspecified atom stereocenters. The molecule has 2 fully saturated rings. The van der Waals surface area contributed by atoms with Crippen LogP contribution < -0.4 is 4.90 Å². The molecule has 162 valence electrons. The van der Waals surface area contributed by atoms with E-state index >= 15 is 0 Å². The van der Waals surface area contributed by atoms with Crippen LogP contribution in [0.25, 0.3) is 11.0 Å². The number of benzene rings is 1. The van der Waals surface area contributed by atoms with E-state index in [0.717, 1.165) is 36.9 Å². The lowest BCUT2D eigenvalue weighted by Gasteiger charge is -2.32. The molecular weight excluding hydrogens is 389 g/mol. The monoisotopic (exact) mass is 417 g/mol. The van der Waals surface area contributed by atoms with Crippen molar-refractivity contribution in [1.82, 2.24) is 14.9 Å². The first-order valence-corrected chi connectivity index (χ1v) is 10.5. The molecule has 1 N–H and O–H groups in total. The number of amides is 1. The lowest BCUT2D eigenvalue weighted by Crippen LogP contribution is -2.41. The number of aromatic amines is 1. The first kappa shape index (κ1) is 20.4. The standard InChI is InChI=1S/C21H28FN5O3/c1-14(2)29-21(28)27-9-5-16(6-10-27)30-25-15-3-7-26(8-4-15)20-12-19-18(11-17(20)22)23-13-24-19/h11-14,16H,3-10H2,1-2H3,(H,23,24). The molecule has 30 heavy (non-hydrogen) atoms. The second kappa shape index (κ2) is 8.89. The van der Waals surface area contributed by atoms with Crippen LogP contribution in [0.1, 0.15) is 39.5 Å². The minimum atomic E-state index is -0.261. The van der Waals surface area contributed by atoms with E-state index in [0.29, 0.717) is 37.4 Å². The topological polar surface area (TPSA) is 83.0 Å². The van der Waals surface area contributed by atoms with Gasteiger partial charge in [0.15, 0.2) is 0 Å². The molecule has 0 aliphatic carbocycles. The molecule has 9 heteroatoms. The number of H-pyrrole nitrogens is 1. The molecule has 1 aromatic carbocycles. The second-order valence-electron chi connectivity index (χ2n) is 8.09. The van der Waals surface area contributed by atoms with Crippen LogP contribution in [0.5, 0.6) is 0 Å². The van der Waals surface area contributed by atoms with Crippen LogP contribution in [-0.4, -0.2) is 65.1 Å². The summed E-state index contributed by atoms with van der Waals surface area (Å²) in [7, 11) is 0. The summed E-state index contributed by atoms with van der Waals surface area (Å²) >= 11 is 0. The number of hydrogen-bond acceptors (Lipinski definition) is 6. The Morgan fingerprint density at radius 3 is 2.67 bits per heavy atom. The predicted molar refractivity (Wildman–Crippen MR) is 112 cm³/mol. The predicted octanol–water partition coefficient (Wildman–Crippen LogP) is 3.68. The number of nitrogens with zero attached hydrogens (tertiary/aromatic N) is 4. The van der Waals surface area contributed by atoms with Crippen LogP contribution in [0.4, 0.5) is 14.9 Å². The zero-order valence-electron chi connectivity index (χ0n) is 17.4. The van der Waals surface area contributed by atoms with Gasteiger partial charge in [-0.2, -0.15) is 0 Å². The molecule has 0 atom stereocenters. The van der Waals surface area contributed by atoms with Crippen LogP contribution in [0.3, 0.4) is 0 Å². The van der Waals surface area contributed by atoms with Crippen LogP contribution in [0.2, 0.25) is 0 Å². The molecule has 0 spiro atoms. The van der Waals surface area contributed by atoms with E-state index < -0.39 is 0 Å². The summed E-state index contributed by atoms with van der Waals surface area (Å²) in [6, 6.07) is 3.28. The fourth-order valence-corrected chi connectivity index (χ4v) is 3.85. The molecular formula is C21H28FN5O3. The normalized spacial score (nSPS) is 18.2. The van der Waals surface area contributed by atoms with Crippen molar-refractivity contribution >= 4 is 28.5 Å². The minimum Gasteiger partial charge on any atom is -0.447 e. The maximum absolute atomic E-state index is 14.4. The van der Waals surface area contributed by atoms with Gasteiger partial charge in [-0.1, -0.05) is 5.16 Å². The molecule has 4 rings (SSSR count). The summed E-state index contributed by atoms with van der Waals surface area (Å²) in [6.07, 6.45) is 4.17. The zero-order valence-corrected chi connectivity index (χ0v) is 17.4. The number of rotatable bonds is 4. The lowest BCUT2D eigenvalue weighted by molar-refractivity contribution is 0.00415. The van der Waals surface area contributed by atoms with Crippen molar-refractivity contribution < 1.29 is 18.8 Å². The Bertz CT molecular complexity index is 911. The van der Waals surface area contributed by atoms with Gasteiger partial charge in [0.1, 0.15) is 11.9 Å². The van der Waals surface area contributed by atoms with Gasteiger partial charge in [0.2, 0.25) is 0 Å². The summed E-state index contributed by atoms with van der Waals surface area (Å²) in [5.74, 6) is -0.256. The number of piperidine rings is 2. The third-order valence-electron chi connectivity index (χ3n) is 5.54. The Balaban J connectivity index is 1.25. The van der Waals surface area contributed by atoms with Crippen LogP contribution >= 0.6 is 0 Å². The highest BCUT2D eigenvalue weighted by atomic mass is 19.1. The maximum Gasteiger partial charge on any atom is 0.410 e. The van der Waals surface area contributed by atoms with Gasteiger partial charge in [-0.3, -0.25) is 0 Å². The number of ether oxygens (including phenoxy) is 1. The average molecular weight is 417 g/mol. The van der Waals surface area contributed by atoms with Gasteiger partial charge in [0, 0.05) is 57.9 Å². The van der Waals surface area contributed by atoms with E-state index in [1.54, 1.807) is 11.2 Å². The summed E-state index contributed by atoms with van der Waals surface area (Å²) in [5.41, 5.74) is 3.05. The number of imidazole rings is 1. The van der Waals surface area contributed by atoms with Crippen molar-refractivity contribution in [3.8, 4) is 0 Å². The molecule has 0 saturated carbocycles. The molecule has 0 bridgehead atoms. The summed E-state index contributed by atoms with van der Waals surface area (Å²) < 4.78 is 19.7. The number of fused-ring (bicyclic) bond motifs is 1. The van der Waals surface area contributed by atoms with Gasteiger partial charge in [0.05, 0.1) is 34.9 Å². The number of nitrogens with one attached hydrogen (secondary N) is 1. The summed E-state index contributed by atoms with van der Waals surface area (Å²) in [4.78, 5) is 28.6. The first-order chi connectivity index (χ1) is 14.5. The van der Waals surface area contributed by atoms with Crippen molar-refractivity contribution in [2.24, 2.45) is 5.16 Å². The Hall–Kier alpha value is -2.84. The number of likely N-dealkylation sites (tertiary alicyclic amines) is 1. The molecule has 1 amide bonds. The Morgan fingerprint density at radius 2 is 1.97 bits per heavy atom. The fraction of sp³-hybridized carbons (Fsp3) is 0.571. The third kappa shape index (κ3) is 4.66. The lowest BCUT2D eigenvalue weighted by atomic mass is 10.1. The largest absolute Gasteiger partial charge is 0.447 e. The van der Waals surface area contributed by atoms with Crippen LogP contribution in [0.15, 0.2) is 23.6 Å². The van der Waals surface area contributed by atoms with Crippen molar-refractivity contribution in [3.05, 3.63) is 24.3 Å². The maximum atomic E-state index is 14.4. The number of carbonyl (C=O) groups excluding carboxylic acids is 1. The SMILES string of the molecule is CC(C)OC(=O)N1CCC(ON=C2CCN(c3cc4[nH]cnc4cc3F)CC2)CC1. The van der Waals surface area contributed by atoms with E-state index in [1.165, 1.54) is 6.07 Å². The summed E-state index contributed by atoms with van der Waals surface area (Å²) in [6.45, 7) is 6.31. The van der Waals surface area contributed by atoms with E-state index in [4.69, 9.17) is 9.57 Å². The number of hydrogen-bond donors (Lipinski definition) is 1. The molecule has 2 aromatic rings. The number of aromatic nitrogens is 2. The number of carbonyl (C=O) groups is 1. The second-order valence-corrected chi connectivity index (χ2v) is 8.09. The molecule has 2 aliphatic rings. The van der Waals surface area contributed by atoms with Gasteiger partial charge < -0.3 is 24.4 Å². The highest BCUT2D eigenvalue weighted by Gasteiger charge is 2.26. The molecule has 2 aliphatic heterocycles. The highest BCUT2D eigenvalue weighted by molar-refractivity contribution is 5.87. The van der Waals surface area contributed by atoms with Crippen molar-refractivity contribution in [3.63, 3.8) is 0 Å². The van der Waals surface area contributed by atoms with Gasteiger partial charge in [-0.05, 0) is 19.9 Å². The third-order valence-corrected chi connectivity index (χ3v) is 5.54. The van der Waals surface area contributed by atoms with E-state index in [2.05, 4.69) is 15.1 Å².